The fourth-order valence-corrected chi connectivity index (χ4v) is 3.05. The first-order valence-electron chi connectivity index (χ1n) is 7.32. The zero-order chi connectivity index (χ0) is 15.5. The van der Waals surface area contributed by atoms with E-state index in [2.05, 4.69) is 10.5 Å². The van der Waals surface area contributed by atoms with Crippen LogP contribution in [0.25, 0.3) is 0 Å². The number of aromatic nitrogens is 1. The molecule has 1 aliphatic rings. The van der Waals surface area contributed by atoms with Crippen LogP contribution in [-0.4, -0.2) is 35.6 Å². The molecule has 6 heteroatoms. The summed E-state index contributed by atoms with van der Waals surface area (Å²) >= 11 is 6.30. The fourth-order valence-electron chi connectivity index (χ4n) is 2.78. The standard InChI is InChI=1S/C16H18ClN3O2/c1-11-8-12(19-22-11)9-16(21)20-7-6-18-10-15(20)13-4-2-3-5-14(13)17/h2-5,8,15,18H,6-7,9-10H2,1H3. The summed E-state index contributed by atoms with van der Waals surface area (Å²) < 4.78 is 5.03. The fraction of sp³-hybridized carbons (Fsp3) is 0.375. The molecular formula is C16H18ClN3O2. The molecule has 0 saturated carbocycles. The Morgan fingerprint density at radius 2 is 2.32 bits per heavy atom. The van der Waals surface area contributed by atoms with Crippen molar-refractivity contribution in [3.05, 3.63) is 52.4 Å². The Morgan fingerprint density at radius 1 is 1.50 bits per heavy atom. The normalized spacial score (nSPS) is 18.5. The average Bonchev–Trinajstić information content (AvgIpc) is 2.93. The second-order valence-electron chi connectivity index (χ2n) is 5.43. The highest BCUT2D eigenvalue weighted by atomic mass is 35.5. The zero-order valence-electron chi connectivity index (χ0n) is 12.4. The molecule has 2 heterocycles. The number of rotatable bonds is 3. The summed E-state index contributed by atoms with van der Waals surface area (Å²) in [6, 6.07) is 9.41. The molecule has 1 aliphatic heterocycles. The van der Waals surface area contributed by atoms with Gasteiger partial charge in [0.25, 0.3) is 0 Å². The quantitative estimate of drug-likeness (QED) is 0.943. The molecule has 0 radical (unpaired) electrons. The number of carbonyl (C=O) groups excluding carboxylic acids is 1. The summed E-state index contributed by atoms with van der Waals surface area (Å²) in [6.07, 6.45) is 0.248. The van der Waals surface area contributed by atoms with Crippen molar-refractivity contribution in [2.45, 2.75) is 19.4 Å². The number of nitrogens with one attached hydrogen (secondary N) is 1. The van der Waals surface area contributed by atoms with Crippen LogP contribution in [0.2, 0.25) is 5.02 Å². The van der Waals surface area contributed by atoms with Gasteiger partial charge in [0.15, 0.2) is 0 Å². The van der Waals surface area contributed by atoms with E-state index in [0.29, 0.717) is 29.6 Å². The monoisotopic (exact) mass is 319 g/mol. The van der Waals surface area contributed by atoms with Gasteiger partial charge in [0, 0.05) is 30.7 Å². The molecule has 1 amide bonds. The van der Waals surface area contributed by atoms with Crippen LogP contribution >= 0.6 is 11.6 Å². The predicted octanol–water partition coefficient (Wildman–Crippen LogP) is 2.35. The molecule has 1 aromatic heterocycles. The minimum atomic E-state index is -0.0528. The molecule has 2 aromatic rings. The maximum Gasteiger partial charge on any atom is 0.229 e. The van der Waals surface area contributed by atoms with Crippen molar-refractivity contribution in [1.29, 1.82) is 0 Å². The van der Waals surface area contributed by atoms with Crippen molar-refractivity contribution in [2.24, 2.45) is 0 Å². The van der Waals surface area contributed by atoms with Gasteiger partial charge in [0.1, 0.15) is 5.76 Å². The van der Waals surface area contributed by atoms with E-state index in [4.69, 9.17) is 16.1 Å². The first-order valence-corrected chi connectivity index (χ1v) is 7.70. The van der Waals surface area contributed by atoms with E-state index in [-0.39, 0.29) is 18.4 Å². The summed E-state index contributed by atoms with van der Waals surface area (Å²) in [5, 5.41) is 7.91. The second-order valence-corrected chi connectivity index (χ2v) is 5.84. The molecule has 1 saturated heterocycles. The van der Waals surface area contributed by atoms with E-state index in [1.807, 2.05) is 36.1 Å². The van der Waals surface area contributed by atoms with Crippen LogP contribution in [-0.2, 0) is 11.2 Å². The molecule has 1 atom stereocenters. The lowest BCUT2D eigenvalue weighted by Gasteiger charge is -2.37. The third-order valence-corrected chi connectivity index (χ3v) is 4.18. The minimum Gasteiger partial charge on any atom is -0.361 e. The lowest BCUT2D eigenvalue weighted by molar-refractivity contribution is -0.133. The second kappa shape index (κ2) is 6.50. The Kier molecular flexibility index (Phi) is 4.45. The summed E-state index contributed by atoms with van der Waals surface area (Å²) in [7, 11) is 0. The van der Waals surface area contributed by atoms with Crippen molar-refractivity contribution < 1.29 is 9.32 Å². The highest BCUT2D eigenvalue weighted by molar-refractivity contribution is 6.31. The van der Waals surface area contributed by atoms with Crippen molar-refractivity contribution in [2.75, 3.05) is 19.6 Å². The Balaban J connectivity index is 1.80. The molecule has 3 rings (SSSR count). The molecule has 0 spiro atoms. The number of benzene rings is 1. The lowest BCUT2D eigenvalue weighted by atomic mass is 10.0. The molecule has 116 valence electrons. The number of halogens is 1. The summed E-state index contributed by atoms with van der Waals surface area (Å²) in [6.45, 7) is 3.96. The molecule has 1 fully saturated rings. The summed E-state index contributed by atoms with van der Waals surface area (Å²) in [4.78, 5) is 14.5. The van der Waals surface area contributed by atoms with Gasteiger partial charge in [0.05, 0.1) is 18.2 Å². The van der Waals surface area contributed by atoms with Crippen LogP contribution in [0.1, 0.15) is 23.1 Å². The van der Waals surface area contributed by atoms with E-state index in [1.54, 1.807) is 6.07 Å². The van der Waals surface area contributed by atoms with Gasteiger partial charge < -0.3 is 14.7 Å². The minimum absolute atomic E-state index is 0.0414. The van der Waals surface area contributed by atoms with Gasteiger partial charge >= 0.3 is 0 Å². The number of aryl methyl sites for hydroxylation is 1. The highest BCUT2D eigenvalue weighted by Gasteiger charge is 2.29. The van der Waals surface area contributed by atoms with Crippen LogP contribution in [0.3, 0.4) is 0 Å². The van der Waals surface area contributed by atoms with Gasteiger partial charge in [-0.05, 0) is 18.6 Å². The van der Waals surface area contributed by atoms with Crippen LogP contribution in [0, 0.1) is 6.92 Å². The molecule has 1 aromatic carbocycles. The first-order chi connectivity index (χ1) is 10.6. The molecule has 1 unspecified atom stereocenters. The number of hydrogen-bond acceptors (Lipinski definition) is 4. The third-order valence-electron chi connectivity index (χ3n) is 3.84. The highest BCUT2D eigenvalue weighted by Crippen LogP contribution is 2.28. The topological polar surface area (TPSA) is 58.4 Å². The molecule has 22 heavy (non-hydrogen) atoms. The summed E-state index contributed by atoms with van der Waals surface area (Å²) in [5.41, 5.74) is 1.64. The number of amides is 1. The molecule has 1 N–H and O–H groups in total. The van der Waals surface area contributed by atoms with Crippen molar-refractivity contribution in [3.63, 3.8) is 0 Å². The van der Waals surface area contributed by atoms with E-state index < -0.39 is 0 Å². The van der Waals surface area contributed by atoms with E-state index in [1.165, 1.54) is 0 Å². The number of nitrogens with zero attached hydrogens (tertiary/aromatic N) is 2. The Hall–Kier alpha value is -1.85. The molecule has 5 nitrogen and oxygen atoms in total. The largest absolute Gasteiger partial charge is 0.361 e. The maximum absolute atomic E-state index is 12.6. The van der Waals surface area contributed by atoms with Gasteiger partial charge in [-0.2, -0.15) is 0 Å². The molecular weight excluding hydrogens is 302 g/mol. The van der Waals surface area contributed by atoms with E-state index >= 15 is 0 Å². The Bertz CT molecular complexity index is 671. The predicted molar refractivity (Wildman–Crippen MR) is 83.7 cm³/mol. The Morgan fingerprint density at radius 3 is 3.05 bits per heavy atom. The first kappa shape index (κ1) is 15.1. The smallest absolute Gasteiger partial charge is 0.229 e. The van der Waals surface area contributed by atoms with Crippen LogP contribution in [0.5, 0.6) is 0 Å². The van der Waals surface area contributed by atoms with Crippen LogP contribution in [0.15, 0.2) is 34.9 Å². The van der Waals surface area contributed by atoms with Crippen LogP contribution < -0.4 is 5.32 Å². The van der Waals surface area contributed by atoms with Crippen molar-refractivity contribution in [3.8, 4) is 0 Å². The number of piperazine rings is 1. The van der Waals surface area contributed by atoms with E-state index in [9.17, 15) is 4.79 Å². The van der Waals surface area contributed by atoms with Gasteiger partial charge in [0.2, 0.25) is 5.91 Å². The van der Waals surface area contributed by atoms with Crippen molar-refractivity contribution >= 4 is 17.5 Å². The van der Waals surface area contributed by atoms with Gasteiger partial charge in [-0.15, -0.1) is 0 Å². The molecule has 0 bridgehead atoms. The Labute approximate surface area is 134 Å². The number of hydrogen-bond donors (Lipinski definition) is 1. The van der Waals surface area contributed by atoms with Gasteiger partial charge in [-0.1, -0.05) is 35.0 Å². The summed E-state index contributed by atoms with van der Waals surface area (Å²) in [5.74, 6) is 0.755. The number of carbonyl (C=O) groups is 1. The van der Waals surface area contributed by atoms with Crippen molar-refractivity contribution in [1.82, 2.24) is 15.4 Å². The molecule has 0 aliphatic carbocycles. The van der Waals surface area contributed by atoms with Gasteiger partial charge in [-0.25, -0.2) is 0 Å². The average molecular weight is 320 g/mol. The van der Waals surface area contributed by atoms with Gasteiger partial charge in [-0.3, -0.25) is 4.79 Å². The maximum atomic E-state index is 12.6. The lowest BCUT2D eigenvalue weighted by Crippen LogP contribution is -2.49. The SMILES string of the molecule is Cc1cc(CC(=O)N2CCNCC2c2ccccc2Cl)no1. The van der Waals surface area contributed by atoms with E-state index in [0.717, 1.165) is 12.1 Å². The third kappa shape index (κ3) is 3.15. The van der Waals surface area contributed by atoms with Crippen LogP contribution in [0.4, 0.5) is 0 Å². The zero-order valence-corrected chi connectivity index (χ0v) is 13.1.